The summed E-state index contributed by atoms with van der Waals surface area (Å²) in [6, 6.07) is 5.28. The van der Waals surface area contributed by atoms with Gasteiger partial charge in [-0.15, -0.1) is 0 Å². The van der Waals surface area contributed by atoms with Gasteiger partial charge in [-0.1, -0.05) is 43.1 Å². The van der Waals surface area contributed by atoms with Crippen LogP contribution in [-0.2, 0) is 0 Å². The van der Waals surface area contributed by atoms with Crippen molar-refractivity contribution in [2.24, 2.45) is 17.8 Å². The molecule has 0 spiro atoms. The third-order valence-electron chi connectivity index (χ3n) is 3.77. The molecule has 1 nitrogen and oxygen atoms in total. The molecule has 1 saturated carbocycles. The van der Waals surface area contributed by atoms with Crippen molar-refractivity contribution in [3.05, 3.63) is 33.8 Å². The second-order valence-electron chi connectivity index (χ2n) is 5.58. The molecule has 0 radical (unpaired) electrons. The number of hydrogen-bond donors (Lipinski definition) is 0. The van der Waals surface area contributed by atoms with Crippen molar-refractivity contribution >= 4 is 29.0 Å². The van der Waals surface area contributed by atoms with Gasteiger partial charge in [0.25, 0.3) is 0 Å². The molecule has 1 aliphatic rings. The second kappa shape index (κ2) is 5.63. The van der Waals surface area contributed by atoms with Gasteiger partial charge in [-0.2, -0.15) is 0 Å². The van der Waals surface area contributed by atoms with Crippen LogP contribution in [0.3, 0.4) is 0 Å². The van der Waals surface area contributed by atoms with E-state index >= 15 is 0 Å². The molecule has 98 valence electrons. The molecule has 2 rings (SSSR count). The monoisotopic (exact) mass is 284 g/mol. The van der Waals surface area contributed by atoms with Gasteiger partial charge in [0.1, 0.15) is 0 Å². The fraction of sp³-hybridized carbons (Fsp3) is 0.533. The molecule has 0 saturated heterocycles. The van der Waals surface area contributed by atoms with E-state index in [1.807, 2.05) is 0 Å². The smallest absolute Gasteiger partial charge is 0.167 e. The van der Waals surface area contributed by atoms with Gasteiger partial charge in [0.15, 0.2) is 5.78 Å². The molecule has 1 fully saturated rings. The number of hydrogen-bond acceptors (Lipinski definition) is 1. The van der Waals surface area contributed by atoms with Gasteiger partial charge < -0.3 is 0 Å². The number of benzene rings is 1. The first-order valence-electron chi connectivity index (χ1n) is 6.47. The van der Waals surface area contributed by atoms with E-state index in [1.54, 1.807) is 18.2 Å². The topological polar surface area (TPSA) is 17.1 Å². The lowest BCUT2D eigenvalue weighted by molar-refractivity contribution is 0.0836. The highest BCUT2D eigenvalue weighted by molar-refractivity contribution is 6.43. The average Bonchev–Trinajstić information content (AvgIpc) is 2.30. The van der Waals surface area contributed by atoms with E-state index in [-0.39, 0.29) is 11.7 Å². The molecule has 0 N–H and O–H groups in total. The molecular weight excluding hydrogens is 267 g/mol. The highest BCUT2D eigenvalue weighted by Gasteiger charge is 2.30. The van der Waals surface area contributed by atoms with Gasteiger partial charge >= 0.3 is 0 Å². The van der Waals surface area contributed by atoms with Crippen molar-refractivity contribution in [1.82, 2.24) is 0 Å². The van der Waals surface area contributed by atoms with Gasteiger partial charge in [0, 0.05) is 11.5 Å². The van der Waals surface area contributed by atoms with E-state index in [4.69, 9.17) is 23.2 Å². The normalized spacial score (nSPS) is 28.1. The summed E-state index contributed by atoms with van der Waals surface area (Å²) in [4.78, 5) is 12.5. The Morgan fingerprint density at radius 1 is 1.11 bits per heavy atom. The summed E-state index contributed by atoms with van der Waals surface area (Å²) in [5, 5.41) is 0.856. The van der Waals surface area contributed by atoms with Crippen LogP contribution in [0.4, 0.5) is 0 Å². The molecule has 1 aromatic rings. The molecule has 0 bridgehead atoms. The van der Waals surface area contributed by atoms with Crippen LogP contribution in [0.2, 0.25) is 10.0 Å². The van der Waals surface area contributed by atoms with E-state index in [2.05, 4.69) is 13.8 Å². The first kappa shape index (κ1) is 13.9. The first-order chi connectivity index (χ1) is 8.49. The zero-order valence-corrected chi connectivity index (χ0v) is 12.3. The van der Waals surface area contributed by atoms with Gasteiger partial charge in [-0.05, 0) is 43.2 Å². The van der Waals surface area contributed by atoms with E-state index in [0.29, 0.717) is 27.4 Å². The summed E-state index contributed by atoms with van der Waals surface area (Å²) < 4.78 is 0. The Bertz CT molecular complexity index is 446. The summed E-state index contributed by atoms with van der Waals surface area (Å²) in [6.45, 7) is 4.44. The van der Waals surface area contributed by atoms with Crippen LogP contribution in [0.15, 0.2) is 18.2 Å². The minimum absolute atomic E-state index is 0.0970. The van der Waals surface area contributed by atoms with Crippen LogP contribution >= 0.6 is 23.2 Å². The molecule has 0 aliphatic heterocycles. The van der Waals surface area contributed by atoms with Crippen molar-refractivity contribution in [2.75, 3.05) is 0 Å². The SMILES string of the molecule is CC1CC(C)CC(C(=O)c2cccc(Cl)c2Cl)C1. The molecule has 18 heavy (non-hydrogen) atoms. The van der Waals surface area contributed by atoms with Crippen molar-refractivity contribution in [1.29, 1.82) is 0 Å². The van der Waals surface area contributed by atoms with Gasteiger partial charge in [-0.3, -0.25) is 4.79 Å². The quantitative estimate of drug-likeness (QED) is 0.678. The Labute approximate surface area is 118 Å². The molecule has 0 amide bonds. The van der Waals surface area contributed by atoms with Crippen LogP contribution in [0.25, 0.3) is 0 Å². The number of carbonyl (C=O) groups is 1. The zero-order valence-electron chi connectivity index (χ0n) is 10.7. The summed E-state index contributed by atoms with van der Waals surface area (Å²) in [6.07, 6.45) is 3.14. The Balaban J connectivity index is 2.23. The van der Waals surface area contributed by atoms with Gasteiger partial charge in [0.2, 0.25) is 0 Å². The highest BCUT2D eigenvalue weighted by atomic mass is 35.5. The molecular formula is C15H18Cl2O. The summed E-state index contributed by atoms with van der Waals surface area (Å²) in [5.74, 6) is 1.47. The van der Waals surface area contributed by atoms with Crippen LogP contribution < -0.4 is 0 Å². The standard InChI is InChI=1S/C15H18Cl2O/c1-9-6-10(2)8-11(7-9)15(18)12-4-3-5-13(16)14(12)17/h3-5,9-11H,6-8H2,1-2H3. The number of rotatable bonds is 2. The second-order valence-corrected chi connectivity index (χ2v) is 6.37. The Morgan fingerprint density at radius 3 is 2.33 bits per heavy atom. The van der Waals surface area contributed by atoms with Gasteiger partial charge in [0.05, 0.1) is 10.0 Å². The largest absolute Gasteiger partial charge is 0.294 e. The van der Waals surface area contributed by atoms with Crippen molar-refractivity contribution in [2.45, 2.75) is 33.1 Å². The van der Waals surface area contributed by atoms with Crippen molar-refractivity contribution < 1.29 is 4.79 Å². The molecule has 1 aliphatic carbocycles. The van der Waals surface area contributed by atoms with E-state index < -0.39 is 0 Å². The molecule has 2 atom stereocenters. The Morgan fingerprint density at radius 2 is 1.72 bits per heavy atom. The van der Waals surface area contributed by atoms with Crippen molar-refractivity contribution in [3.63, 3.8) is 0 Å². The number of carbonyl (C=O) groups excluding carboxylic acids is 1. The average molecular weight is 285 g/mol. The lowest BCUT2D eigenvalue weighted by Crippen LogP contribution is -2.26. The fourth-order valence-corrected chi connectivity index (χ4v) is 3.47. The minimum atomic E-state index is 0.0970. The molecule has 0 heterocycles. The molecule has 0 aromatic heterocycles. The third kappa shape index (κ3) is 2.89. The molecule has 3 heteroatoms. The maximum atomic E-state index is 12.5. The maximum absolute atomic E-state index is 12.5. The number of halogens is 2. The lowest BCUT2D eigenvalue weighted by atomic mass is 9.74. The molecule has 1 aromatic carbocycles. The van der Waals surface area contributed by atoms with E-state index in [9.17, 15) is 4.79 Å². The van der Waals surface area contributed by atoms with Gasteiger partial charge in [-0.25, -0.2) is 0 Å². The predicted octanol–water partition coefficient (Wildman–Crippen LogP) is 5.25. The fourth-order valence-electron chi connectivity index (χ4n) is 3.08. The summed E-state index contributed by atoms with van der Waals surface area (Å²) in [7, 11) is 0. The third-order valence-corrected chi connectivity index (χ3v) is 4.59. The first-order valence-corrected chi connectivity index (χ1v) is 7.22. The predicted molar refractivity (Wildman–Crippen MR) is 76.5 cm³/mol. The highest BCUT2D eigenvalue weighted by Crippen LogP contribution is 2.36. The van der Waals surface area contributed by atoms with Crippen LogP contribution in [-0.4, -0.2) is 5.78 Å². The Hall–Kier alpha value is -0.530. The summed E-state index contributed by atoms with van der Waals surface area (Å²) in [5.41, 5.74) is 0.579. The minimum Gasteiger partial charge on any atom is -0.294 e. The zero-order chi connectivity index (χ0) is 13.3. The number of ketones is 1. The van der Waals surface area contributed by atoms with E-state index in [1.165, 1.54) is 6.42 Å². The Kier molecular flexibility index (Phi) is 4.34. The van der Waals surface area contributed by atoms with Crippen LogP contribution in [0.5, 0.6) is 0 Å². The van der Waals surface area contributed by atoms with Crippen LogP contribution in [0, 0.1) is 17.8 Å². The van der Waals surface area contributed by atoms with E-state index in [0.717, 1.165) is 12.8 Å². The van der Waals surface area contributed by atoms with Crippen LogP contribution in [0.1, 0.15) is 43.5 Å². The number of Topliss-reactive ketones (excluding diaryl/α,β-unsaturated/α-hetero) is 1. The molecule has 2 unspecified atom stereocenters. The maximum Gasteiger partial charge on any atom is 0.167 e. The van der Waals surface area contributed by atoms with Crippen molar-refractivity contribution in [3.8, 4) is 0 Å². The lowest BCUT2D eigenvalue weighted by Gasteiger charge is -2.30. The summed E-state index contributed by atoms with van der Waals surface area (Å²) >= 11 is 12.1.